The van der Waals surface area contributed by atoms with Crippen LogP contribution in [-0.4, -0.2) is 0 Å². The van der Waals surface area contributed by atoms with Gasteiger partial charge in [0.2, 0.25) is 0 Å². The van der Waals surface area contributed by atoms with Gasteiger partial charge < -0.3 is 5.73 Å². The van der Waals surface area contributed by atoms with E-state index in [1.165, 1.54) is 14.7 Å². The normalized spacial score (nSPS) is 11.8. The second-order valence-electron chi connectivity index (χ2n) is 3.69. The molecule has 12 heavy (non-hydrogen) atoms. The summed E-state index contributed by atoms with van der Waals surface area (Å²) in [5.41, 5.74) is 8.24. The van der Waals surface area contributed by atoms with Gasteiger partial charge in [0.25, 0.3) is 0 Å². The monoisotopic (exact) mass is 275 g/mol. The largest absolute Gasteiger partial charge is 0.322 e. The maximum Gasteiger partial charge on any atom is 0.0352 e. The Morgan fingerprint density at radius 2 is 1.92 bits per heavy atom. The highest BCUT2D eigenvalue weighted by Crippen LogP contribution is 2.20. The molecule has 1 aromatic carbocycles. The lowest BCUT2D eigenvalue weighted by atomic mass is 9.94. The Bertz CT molecular complexity index is 286. The van der Waals surface area contributed by atoms with Crippen molar-refractivity contribution >= 4 is 22.6 Å². The van der Waals surface area contributed by atoms with E-state index in [1.807, 2.05) is 13.8 Å². The van der Waals surface area contributed by atoms with Crippen molar-refractivity contribution in [2.45, 2.75) is 26.3 Å². The number of nitrogens with two attached hydrogens (primary N) is 1. The summed E-state index contributed by atoms with van der Waals surface area (Å²) in [7, 11) is 0. The average Bonchev–Trinajstić information content (AvgIpc) is 1.92. The molecule has 0 saturated heterocycles. The Balaban J connectivity index is 3.14. The number of hydrogen-bond donors (Lipinski definition) is 1. The van der Waals surface area contributed by atoms with E-state index in [2.05, 4.69) is 47.7 Å². The summed E-state index contributed by atoms with van der Waals surface area (Å²) in [5, 5.41) is 0. The molecule has 0 bridgehead atoms. The van der Waals surface area contributed by atoms with Gasteiger partial charge in [0, 0.05) is 9.11 Å². The summed E-state index contributed by atoms with van der Waals surface area (Å²) in [6, 6.07) is 6.36. The van der Waals surface area contributed by atoms with Crippen LogP contribution >= 0.6 is 22.6 Å². The number of rotatable bonds is 1. The molecular formula is C10H14IN. The van der Waals surface area contributed by atoms with E-state index in [9.17, 15) is 0 Å². The van der Waals surface area contributed by atoms with Gasteiger partial charge in [0.05, 0.1) is 0 Å². The molecule has 1 aromatic rings. The maximum atomic E-state index is 5.97. The number of halogens is 1. The van der Waals surface area contributed by atoms with Crippen LogP contribution < -0.4 is 5.73 Å². The molecular weight excluding hydrogens is 261 g/mol. The summed E-state index contributed by atoms with van der Waals surface area (Å²) in [6.45, 7) is 6.15. The van der Waals surface area contributed by atoms with E-state index in [4.69, 9.17) is 5.73 Å². The predicted octanol–water partition coefficient (Wildman–Crippen LogP) is 2.79. The van der Waals surface area contributed by atoms with Crippen LogP contribution in [0.4, 0.5) is 0 Å². The van der Waals surface area contributed by atoms with Crippen molar-refractivity contribution in [3.05, 3.63) is 32.9 Å². The van der Waals surface area contributed by atoms with E-state index in [0.29, 0.717) is 0 Å². The minimum Gasteiger partial charge on any atom is -0.322 e. The number of aryl methyl sites for hydroxylation is 1. The molecule has 0 unspecified atom stereocenters. The predicted molar refractivity (Wildman–Crippen MR) is 61.1 cm³/mol. The first-order valence-corrected chi connectivity index (χ1v) is 5.04. The molecule has 2 N–H and O–H groups in total. The van der Waals surface area contributed by atoms with Crippen LogP contribution in [0.1, 0.15) is 25.0 Å². The quantitative estimate of drug-likeness (QED) is 0.784. The van der Waals surface area contributed by atoms with Gasteiger partial charge in [0.1, 0.15) is 0 Å². The highest BCUT2D eigenvalue weighted by molar-refractivity contribution is 14.1. The van der Waals surface area contributed by atoms with Crippen LogP contribution in [0.15, 0.2) is 18.2 Å². The fourth-order valence-corrected chi connectivity index (χ4v) is 1.38. The topological polar surface area (TPSA) is 26.0 Å². The molecule has 0 atom stereocenters. The molecule has 0 aromatic heterocycles. The van der Waals surface area contributed by atoms with Crippen LogP contribution in [0.25, 0.3) is 0 Å². The van der Waals surface area contributed by atoms with E-state index in [1.54, 1.807) is 0 Å². The first-order valence-electron chi connectivity index (χ1n) is 3.97. The van der Waals surface area contributed by atoms with Gasteiger partial charge in [-0.3, -0.25) is 0 Å². The molecule has 0 radical (unpaired) electrons. The fraction of sp³-hybridized carbons (Fsp3) is 0.400. The smallest absolute Gasteiger partial charge is 0.0352 e. The summed E-state index contributed by atoms with van der Waals surface area (Å²) in [5.74, 6) is 0. The van der Waals surface area contributed by atoms with Crippen LogP contribution in [0.5, 0.6) is 0 Å². The summed E-state index contributed by atoms with van der Waals surface area (Å²) < 4.78 is 1.29. The van der Waals surface area contributed by atoms with Gasteiger partial charge in [-0.25, -0.2) is 0 Å². The molecule has 0 aliphatic carbocycles. The second-order valence-corrected chi connectivity index (χ2v) is 4.85. The molecule has 0 saturated carbocycles. The number of hydrogen-bond acceptors (Lipinski definition) is 1. The molecule has 0 heterocycles. The zero-order valence-electron chi connectivity index (χ0n) is 7.69. The Morgan fingerprint density at radius 1 is 1.33 bits per heavy atom. The van der Waals surface area contributed by atoms with Gasteiger partial charge in [-0.1, -0.05) is 12.1 Å². The third-order valence-corrected chi connectivity index (χ3v) is 3.11. The van der Waals surface area contributed by atoms with Gasteiger partial charge in [-0.15, -0.1) is 0 Å². The van der Waals surface area contributed by atoms with Crippen molar-refractivity contribution in [2.24, 2.45) is 5.73 Å². The SMILES string of the molecule is Cc1cc(C(C)(C)N)ccc1I. The highest BCUT2D eigenvalue weighted by atomic mass is 127. The molecule has 0 amide bonds. The molecule has 1 rings (SSSR count). The van der Waals surface area contributed by atoms with Crippen molar-refractivity contribution in [3.63, 3.8) is 0 Å². The van der Waals surface area contributed by atoms with Crippen LogP contribution in [0.3, 0.4) is 0 Å². The minimum absolute atomic E-state index is 0.227. The van der Waals surface area contributed by atoms with Gasteiger partial charge >= 0.3 is 0 Å². The molecule has 0 aliphatic heterocycles. The summed E-state index contributed by atoms with van der Waals surface area (Å²) in [4.78, 5) is 0. The van der Waals surface area contributed by atoms with E-state index >= 15 is 0 Å². The van der Waals surface area contributed by atoms with Crippen molar-refractivity contribution in [1.82, 2.24) is 0 Å². The van der Waals surface area contributed by atoms with Gasteiger partial charge in [-0.05, 0) is 60.6 Å². The van der Waals surface area contributed by atoms with Crippen LogP contribution in [0, 0.1) is 10.5 Å². The molecule has 1 nitrogen and oxygen atoms in total. The Hall–Kier alpha value is -0.0900. The van der Waals surface area contributed by atoms with Crippen molar-refractivity contribution in [1.29, 1.82) is 0 Å². The second kappa shape index (κ2) is 3.34. The zero-order chi connectivity index (χ0) is 9.35. The molecule has 0 aliphatic rings. The zero-order valence-corrected chi connectivity index (χ0v) is 9.84. The highest BCUT2D eigenvalue weighted by Gasteiger charge is 2.13. The molecule has 0 fully saturated rings. The third-order valence-electron chi connectivity index (χ3n) is 1.90. The Labute approximate surface area is 87.5 Å². The Kier molecular flexibility index (Phi) is 2.78. The minimum atomic E-state index is -0.227. The van der Waals surface area contributed by atoms with Crippen molar-refractivity contribution in [2.75, 3.05) is 0 Å². The van der Waals surface area contributed by atoms with Crippen LogP contribution in [0.2, 0.25) is 0 Å². The molecule has 66 valence electrons. The lowest BCUT2D eigenvalue weighted by molar-refractivity contribution is 0.554. The lowest BCUT2D eigenvalue weighted by Crippen LogP contribution is -2.28. The summed E-state index contributed by atoms with van der Waals surface area (Å²) in [6.07, 6.45) is 0. The van der Waals surface area contributed by atoms with Crippen LogP contribution in [-0.2, 0) is 5.54 Å². The average molecular weight is 275 g/mol. The molecule has 2 heteroatoms. The first kappa shape index (κ1) is 9.99. The number of benzene rings is 1. The Morgan fingerprint density at radius 3 is 2.33 bits per heavy atom. The van der Waals surface area contributed by atoms with E-state index in [-0.39, 0.29) is 5.54 Å². The van der Waals surface area contributed by atoms with Gasteiger partial charge in [-0.2, -0.15) is 0 Å². The van der Waals surface area contributed by atoms with Gasteiger partial charge in [0.15, 0.2) is 0 Å². The van der Waals surface area contributed by atoms with E-state index in [0.717, 1.165) is 0 Å². The fourth-order valence-electron chi connectivity index (χ4n) is 1.05. The third kappa shape index (κ3) is 2.20. The van der Waals surface area contributed by atoms with E-state index < -0.39 is 0 Å². The molecule has 0 spiro atoms. The standard InChI is InChI=1S/C10H14IN/c1-7-6-8(10(2,3)12)4-5-9(7)11/h4-6H,12H2,1-3H3. The maximum absolute atomic E-state index is 5.97. The first-order chi connectivity index (χ1) is 5.41. The lowest BCUT2D eigenvalue weighted by Gasteiger charge is -2.19. The van der Waals surface area contributed by atoms with Crippen molar-refractivity contribution < 1.29 is 0 Å². The van der Waals surface area contributed by atoms with Crippen molar-refractivity contribution in [3.8, 4) is 0 Å². The summed E-state index contributed by atoms with van der Waals surface area (Å²) >= 11 is 2.33.